The fraction of sp³-hybridized carbons (Fsp3) is 0.355. The number of methoxy groups -OCH3 is 1. The number of nitrogens with two attached hydrogens (primary N) is 1. The molecule has 1 aliphatic carbocycles. The third-order valence-corrected chi connectivity index (χ3v) is 9.00. The van der Waals surface area contributed by atoms with E-state index in [0.717, 1.165) is 16.0 Å². The van der Waals surface area contributed by atoms with Crippen LogP contribution < -0.4 is 16.4 Å². The van der Waals surface area contributed by atoms with Gasteiger partial charge in [0.05, 0.1) is 19.7 Å². The summed E-state index contributed by atoms with van der Waals surface area (Å²) in [5, 5.41) is 15.0. The number of amidine groups is 1. The first kappa shape index (κ1) is 28.5. The Labute approximate surface area is 243 Å². The molecule has 41 heavy (non-hydrogen) atoms. The topological polar surface area (TPSA) is 138 Å². The van der Waals surface area contributed by atoms with Gasteiger partial charge in [-0.3, -0.25) is 19.8 Å². The fourth-order valence-electron chi connectivity index (χ4n) is 5.93. The number of amides is 3. The Bertz CT molecular complexity index is 1510. The minimum absolute atomic E-state index is 0.0154. The molecule has 2 atom stereocenters. The van der Waals surface area contributed by atoms with Crippen LogP contribution in [0.1, 0.15) is 52.2 Å². The molecular formula is C31H35N5O4S. The normalized spacial score (nSPS) is 18.5. The van der Waals surface area contributed by atoms with Gasteiger partial charge in [0.2, 0.25) is 11.8 Å². The molecule has 3 amide bonds. The van der Waals surface area contributed by atoms with Gasteiger partial charge in [-0.2, -0.15) is 0 Å². The first-order chi connectivity index (χ1) is 19.6. The number of fused-ring (bicyclic) bond motifs is 3. The maximum absolute atomic E-state index is 13.3. The summed E-state index contributed by atoms with van der Waals surface area (Å²) in [7, 11) is 1.60. The SMILES string of the molecule is COCC1CC(C(=O)NCc2cc(C(=N)N)cs2)N(C(=O)CNC(=O)c2ccc3c(c2)-c2ccccc2C3(C)C)C1. The molecule has 3 aromatic rings. The largest absolute Gasteiger partial charge is 0.384 e. The van der Waals surface area contributed by atoms with Crippen LogP contribution in [0.2, 0.25) is 0 Å². The molecule has 214 valence electrons. The maximum atomic E-state index is 13.3. The number of nitrogens with one attached hydrogen (secondary N) is 3. The molecule has 2 heterocycles. The van der Waals surface area contributed by atoms with Gasteiger partial charge in [0, 0.05) is 46.4 Å². The molecule has 1 saturated heterocycles. The van der Waals surface area contributed by atoms with Crippen LogP contribution >= 0.6 is 11.3 Å². The fourth-order valence-corrected chi connectivity index (χ4v) is 6.75. The van der Waals surface area contributed by atoms with Crippen LogP contribution in [-0.4, -0.2) is 61.3 Å². The predicted molar refractivity (Wildman–Crippen MR) is 159 cm³/mol. The second-order valence-corrected chi connectivity index (χ2v) is 12.2. The number of benzene rings is 2. The number of thiophene rings is 1. The third-order valence-electron chi connectivity index (χ3n) is 8.06. The van der Waals surface area contributed by atoms with E-state index in [4.69, 9.17) is 15.9 Å². The molecule has 5 N–H and O–H groups in total. The van der Waals surface area contributed by atoms with E-state index < -0.39 is 6.04 Å². The highest BCUT2D eigenvalue weighted by Gasteiger charge is 2.39. The summed E-state index contributed by atoms with van der Waals surface area (Å²) in [5.41, 5.74) is 11.0. The van der Waals surface area contributed by atoms with Gasteiger partial charge in [-0.05, 0) is 46.9 Å². The number of hydrogen-bond acceptors (Lipinski definition) is 6. The Balaban J connectivity index is 1.24. The number of hydrogen-bond donors (Lipinski definition) is 4. The van der Waals surface area contributed by atoms with Crippen molar-refractivity contribution in [3.05, 3.63) is 81.0 Å². The van der Waals surface area contributed by atoms with Crippen LogP contribution in [0.4, 0.5) is 0 Å². The summed E-state index contributed by atoms with van der Waals surface area (Å²) < 4.78 is 5.30. The highest BCUT2D eigenvalue weighted by Crippen LogP contribution is 2.48. The highest BCUT2D eigenvalue weighted by molar-refractivity contribution is 7.10. The van der Waals surface area contributed by atoms with Crippen molar-refractivity contribution in [2.24, 2.45) is 11.7 Å². The molecule has 2 unspecified atom stereocenters. The zero-order valence-electron chi connectivity index (χ0n) is 23.5. The van der Waals surface area contributed by atoms with Crippen molar-refractivity contribution in [2.45, 2.75) is 38.3 Å². The molecular weight excluding hydrogens is 538 g/mol. The van der Waals surface area contributed by atoms with Gasteiger partial charge in [0.1, 0.15) is 11.9 Å². The molecule has 0 spiro atoms. The Morgan fingerprint density at radius 1 is 1.07 bits per heavy atom. The van der Waals surface area contributed by atoms with E-state index in [1.165, 1.54) is 27.4 Å². The van der Waals surface area contributed by atoms with Gasteiger partial charge < -0.3 is 26.0 Å². The standard InChI is InChI=1S/C31H35N5O4S/c1-31(2)24-7-5-4-6-22(24)23-12-19(8-9-25(23)31)29(38)35-14-27(37)36-15-18(16-40-3)10-26(36)30(39)34-13-21-11-20(17-41-21)28(32)33/h4-9,11-12,17-18,26H,10,13-16H2,1-3H3,(H3,32,33)(H,34,39)(H,35,38). The number of likely N-dealkylation sites (tertiary alicyclic amines) is 1. The van der Waals surface area contributed by atoms with Crippen LogP contribution in [-0.2, 0) is 26.3 Å². The lowest BCUT2D eigenvalue weighted by Gasteiger charge is -2.24. The summed E-state index contributed by atoms with van der Waals surface area (Å²) in [5.74, 6) is -0.928. The summed E-state index contributed by atoms with van der Waals surface area (Å²) in [6.45, 7) is 5.23. The molecule has 2 aromatic carbocycles. The Kier molecular flexibility index (Phi) is 7.97. The Morgan fingerprint density at radius 3 is 2.56 bits per heavy atom. The molecule has 5 rings (SSSR count). The minimum Gasteiger partial charge on any atom is -0.384 e. The molecule has 9 nitrogen and oxygen atoms in total. The number of carbonyl (C=O) groups is 3. The Morgan fingerprint density at radius 2 is 1.83 bits per heavy atom. The van der Waals surface area contributed by atoms with Crippen molar-refractivity contribution in [2.75, 3.05) is 26.8 Å². The number of ether oxygens (including phenoxy) is 1. The van der Waals surface area contributed by atoms with Crippen LogP contribution in [0, 0.1) is 11.3 Å². The molecule has 0 radical (unpaired) electrons. The van der Waals surface area contributed by atoms with E-state index in [9.17, 15) is 14.4 Å². The molecule has 1 aromatic heterocycles. The number of rotatable bonds is 9. The predicted octanol–water partition coefficient (Wildman–Crippen LogP) is 3.25. The smallest absolute Gasteiger partial charge is 0.251 e. The van der Waals surface area contributed by atoms with Gasteiger partial charge >= 0.3 is 0 Å². The lowest BCUT2D eigenvalue weighted by molar-refractivity contribution is -0.137. The first-order valence-corrected chi connectivity index (χ1v) is 14.5. The van der Waals surface area contributed by atoms with E-state index in [1.807, 2.05) is 24.3 Å². The highest BCUT2D eigenvalue weighted by atomic mass is 32.1. The van der Waals surface area contributed by atoms with E-state index in [-0.39, 0.29) is 48.0 Å². The molecule has 0 saturated carbocycles. The molecule has 1 fully saturated rings. The zero-order valence-corrected chi connectivity index (χ0v) is 24.3. The molecule has 2 aliphatic rings. The van der Waals surface area contributed by atoms with Gasteiger partial charge in [0.15, 0.2) is 0 Å². The monoisotopic (exact) mass is 573 g/mol. The zero-order chi connectivity index (χ0) is 29.3. The van der Waals surface area contributed by atoms with Crippen LogP contribution in [0.5, 0.6) is 0 Å². The van der Waals surface area contributed by atoms with Gasteiger partial charge in [-0.15, -0.1) is 11.3 Å². The first-order valence-electron chi connectivity index (χ1n) is 13.6. The van der Waals surface area contributed by atoms with Crippen molar-refractivity contribution < 1.29 is 19.1 Å². The minimum atomic E-state index is -0.662. The van der Waals surface area contributed by atoms with Crippen LogP contribution in [0.15, 0.2) is 53.9 Å². The quantitative estimate of drug-likeness (QED) is 0.230. The summed E-state index contributed by atoms with van der Waals surface area (Å²) >= 11 is 1.41. The van der Waals surface area contributed by atoms with E-state index in [0.29, 0.717) is 30.7 Å². The third kappa shape index (κ3) is 5.62. The van der Waals surface area contributed by atoms with Crippen molar-refractivity contribution in [3.8, 4) is 11.1 Å². The summed E-state index contributed by atoms with van der Waals surface area (Å²) in [6, 6.07) is 15.0. The van der Waals surface area contributed by atoms with Crippen molar-refractivity contribution >= 4 is 34.9 Å². The van der Waals surface area contributed by atoms with Crippen LogP contribution in [0.3, 0.4) is 0 Å². The van der Waals surface area contributed by atoms with Gasteiger partial charge in [0.25, 0.3) is 5.91 Å². The van der Waals surface area contributed by atoms with E-state index in [1.54, 1.807) is 24.6 Å². The van der Waals surface area contributed by atoms with Crippen molar-refractivity contribution in [3.63, 3.8) is 0 Å². The summed E-state index contributed by atoms with van der Waals surface area (Å²) in [4.78, 5) is 42.0. The number of nitrogen functional groups attached to an aromatic ring is 1. The lowest BCUT2D eigenvalue weighted by Crippen LogP contribution is -2.48. The number of nitrogens with zero attached hydrogens (tertiary/aromatic N) is 1. The van der Waals surface area contributed by atoms with Crippen molar-refractivity contribution in [1.29, 1.82) is 5.41 Å². The Hall–Kier alpha value is -4.02. The summed E-state index contributed by atoms with van der Waals surface area (Å²) in [6.07, 6.45) is 0.475. The number of carbonyl (C=O) groups excluding carboxylic acids is 3. The van der Waals surface area contributed by atoms with Gasteiger partial charge in [-0.1, -0.05) is 44.2 Å². The molecule has 10 heteroatoms. The van der Waals surface area contributed by atoms with Gasteiger partial charge in [-0.25, -0.2) is 0 Å². The maximum Gasteiger partial charge on any atom is 0.251 e. The van der Waals surface area contributed by atoms with E-state index in [2.05, 4.69) is 36.6 Å². The average Bonchev–Trinajstić information content (AvgIpc) is 3.67. The molecule has 1 aliphatic heterocycles. The van der Waals surface area contributed by atoms with Crippen molar-refractivity contribution in [1.82, 2.24) is 15.5 Å². The molecule has 0 bridgehead atoms. The second-order valence-electron chi connectivity index (χ2n) is 11.2. The second kappa shape index (κ2) is 11.5. The average molecular weight is 574 g/mol. The van der Waals surface area contributed by atoms with Crippen LogP contribution in [0.25, 0.3) is 11.1 Å². The van der Waals surface area contributed by atoms with E-state index >= 15 is 0 Å². The lowest BCUT2D eigenvalue weighted by atomic mass is 9.82.